The van der Waals surface area contributed by atoms with Crippen LogP contribution in [-0.2, 0) is 68.8 Å². The molecule has 28 nitrogen and oxygen atoms in total. The van der Waals surface area contributed by atoms with Crippen LogP contribution in [0.1, 0.15) is 129 Å². The quantitative estimate of drug-likeness (QED) is 0.0335. The Morgan fingerprint density at radius 3 is 1.24 bits per heavy atom. The second-order valence-corrected chi connectivity index (χ2v) is 33.5. The Morgan fingerprint density at radius 2 is 0.870 bits per heavy atom. The lowest BCUT2D eigenvalue weighted by atomic mass is 10.0. The van der Waals surface area contributed by atoms with E-state index in [4.69, 9.17) is 57.8 Å². The normalized spacial score (nSPS) is 15.7. The zero-order valence-corrected chi connectivity index (χ0v) is 73.9. The Labute approximate surface area is 723 Å². The first-order valence-electron chi connectivity index (χ1n) is 43.9. The molecule has 1 amide bonds. The van der Waals surface area contributed by atoms with Crippen molar-refractivity contribution in [1.82, 2.24) is 54.0 Å². The van der Waals surface area contributed by atoms with Crippen LogP contribution >= 0.6 is 0 Å². The third kappa shape index (κ3) is 31.4. The number of aromatic nitrogens is 6. The van der Waals surface area contributed by atoms with Crippen LogP contribution in [0.3, 0.4) is 0 Å². The summed E-state index contributed by atoms with van der Waals surface area (Å²) in [6.07, 6.45) is 19.3. The Hall–Kier alpha value is -8.73. The number of halogens is 2. The summed E-state index contributed by atoms with van der Waals surface area (Å²) < 4.78 is 97.3. The number of likely N-dealkylation sites (N-methyl/N-ethyl adjacent to an activating group) is 2. The topological polar surface area (TPSA) is 272 Å². The van der Waals surface area contributed by atoms with Crippen LogP contribution in [0.4, 0.5) is 25.0 Å². The van der Waals surface area contributed by atoms with Crippen molar-refractivity contribution in [1.29, 1.82) is 0 Å². The Bertz CT molecular complexity index is 4670. The van der Waals surface area contributed by atoms with Crippen LogP contribution in [0.5, 0.6) is 11.5 Å². The summed E-state index contributed by atoms with van der Waals surface area (Å²) in [6, 6.07) is 23.8. The number of amides is 1. The number of ether oxygens (including phenoxy) is 11. The van der Waals surface area contributed by atoms with Gasteiger partial charge >= 0.3 is 6.09 Å². The molecule has 0 bridgehead atoms. The van der Waals surface area contributed by atoms with E-state index in [9.17, 15) is 14.4 Å². The van der Waals surface area contributed by atoms with E-state index in [0.29, 0.717) is 211 Å². The van der Waals surface area contributed by atoms with Gasteiger partial charge in [-0.05, 0) is 186 Å². The molecule has 2 saturated heterocycles. The van der Waals surface area contributed by atoms with Crippen molar-refractivity contribution in [3.8, 4) is 11.5 Å². The molecule has 8 heterocycles. The van der Waals surface area contributed by atoms with Crippen LogP contribution in [0, 0.1) is 39.3 Å². The fourth-order valence-corrected chi connectivity index (χ4v) is 15.2. The zero-order valence-electron chi connectivity index (χ0n) is 73.9. The van der Waals surface area contributed by atoms with E-state index in [1.165, 1.54) is 12.1 Å². The molecule has 12 rings (SSSR count). The average molecular weight is 1710 g/mol. The molecule has 8 aromatic rings. The molecule has 672 valence electrons. The largest absolute Gasteiger partial charge is 0.489 e. The summed E-state index contributed by atoms with van der Waals surface area (Å²) in [5, 5.41) is 3.42. The van der Waals surface area contributed by atoms with Crippen LogP contribution in [0.2, 0.25) is 0 Å². The maximum atomic E-state index is 15.8. The lowest BCUT2D eigenvalue weighted by Gasteiger charge is -2.40. The SMILES string of the molecule is Cc1ccc(N2CCC[C@H](N(Cc3ccnc(C)c3)Cc3cn(C4CC4)c4cc(OCCN(C)CCOCCOCCOCCOCCN)c(F)cc4c3=O)C2)cn1.Cc1ccc(N2CCC[C@H](N(Cc3ccnc(C)c3)Cc3cn(C4CC4)c4cc(OCCN(C)CCOCCOCCOCCOCCNC(=O)OC(C)(C)C)c(F)cc4c3=O)C2)cn1. The van der Waals surface area contributed by atoms with Gasteiger partial charge in [-0.15, -0.1) is 0 Å². The van der Waals surface area contributed by atoms with Crippen molar-refractivity contribution < 1.29 is 65.7 Å². The fourth-order valence-electron chi connectivity index (χ4n) is 15.2. The first kappa shape index (κ1) is 94.9. The zero-order chi connectivity index (χ0) is 86.9. The number of rotatable bonds is 51. The molecule has 2 aliphatic carbocycles. The van der Waals surface area contributed by atoms with Crippen LogP contribution < -0.4 is 41.2 Å². The third-order valence-corrected chi connectivity index (χ3v) is 22.1. The first-order chi connectivity index (χ1) is 59.6. The molecule has 2 saturated carbocycles. The number of nitrogens with two attached hydrogens (primary N) is 1. The van der Waals surface area contributed by atoms with Crippen molar-refractivity contribution in [3.05, 3.63) is 187 Å². The minimum atomic E-state index is -0.540. The number of carbonyl (C=O) groups excluding carboxylic acids is 1. The van der Waals surface area contributed by atoms with Crippen molar-refractivity contribution in [2.75, 3.05) is 208 Å². The van der Waals surface area contributed by atoms with Crippen molar-refractivity contribution >= 4 is 39.3 Å². The third-order valence-electron chi connectivity index (χ3n) is 22.1. The average Bonchev–Trinajstić information content (AvgIpc) is 1.75. The van der Waals surface area contributed by atoms with Gasteiger partial charge in [-0.25, -0.2) is 13.6 Å². The number of carbonyl (C=O) groups is 1. The monoisotopic (exact) mass is 1710 g/mol. The molecule has 0 radical (unpaired) electrons. The second-order valence-electron chi connectivity index (χ2n) is 33.5. The molecule has 2 atom stereocenters. The highest BCUT2D eigenvalue weighted by molar-refractivity contribution is 5.83. The Kier molecular flexibility index (Phi) is 38.0. The highest BCUT2D eigenvalue weighted by Crippen LogP contribution is 2.40. The lowest BCUT2D eigenvalue weighted by molar-refractivity contribution is -0.00349. The number of fused-ring (bicyclic) bond motifs is 2. The van der Waals surface area contributed by atoms with Gasteiger partial charge in [-0.1, -0.05) is 0 Å². The summed E-state index contributed by atoms with van der Waals surface area (Å²) in [7, 11) is 3.94. The van der Waals surface area contributed by atoms with E-state index >= 15 is 8.78 Å². The number of nitrogens with zero attached hydrogens (tertiary/aromatic N) is 12. The molecule has 0 spiro atoms. The van der Waals surface area contributed by atoms with Gasteiger partial charge < -0.3 is 91.9 Å². The maximum Gasteiger partial charge on any atom is 0.407 e. The predicted octanol–water partition coefficient (Wildman–Crippen LogP) is 11.3. The van der Waals surface area contributed by atoms with Gasteiger partial charge in [0.1, 0.15) is 18.8 Å². The summed E-state index contributed by atoms with van der Waals surface area (Å²) in [4.78, 5) is 71.9. The number of nitrogens with one attached hydrogen (secondary N) is 1. The van der Waals surface area contributed by atoms with Gasteiger partial charge in [-0.2, -0.15) is 0 Å². The van der Waals surface area contributed by atoms with E-state index in [1.54, 1.807) is 12.1 Å². The molecule has 3 N–H and O–H groups in total. The smallest absolute Gasteiger partial charge is 0.407 e. The van der Waals surface area contributed by atoms with E-state index in [2.05, 4.69) is 106 Å². The van der Waals surface area contributed by atoms with Crippen LogP contribution in [0.15, 0.2) is 120 Å². The van der Waals surface area contributed by atoms with Crippen molar-refractivity contribution in [3.63, 3.8) is 0 Å². The van der Waals surface area contributed by atoms with Gasteiger partial charge in [0.05, 0.1) is 141 Å². The standard InChI is InChI=1S/C49H70FN7O8.C44H62FN7O6/c1-36-9-10-41(31-53-36)55-16-7-8-42(35-55)56(32-38-13-14-51-37(2)28-38)33-39-34-57(40-11-12-40)45-30-46(44(50)29-43(45)47(39)58)64-21-18-54(6)17-20-61-23-25-63-27-26-62-24-22-60-19-15-52-48(59)65-49(3,4)5;1-33-6-7-38(28-48-33)50-13-4-5-39(32-50)51(29-35-10-12-47-34(2)25-35)30-36-31-52(37-8-9-37)42-27-43(41(45)26-40(42)44(36)53)58-18-15-49(3)14-17-55-20-22-57-24-23-56-21-19-54-16-11-46/h9-10,13-14,28-31,34,40,42H,7-8,11-12,15-27,32-33,35H2,1-6H3,(H,52,59);6-7,10,12,25-28,31,37,39H,4-5,8-9,11,13-24,29-30,32,46H2,1-3H3/t42-;39-/m00/s1. The minimum absolute atomic E-state index is 0.133. The van der Waals surface area contributed by atoms with E-state index in [0.717, 1.165) is 123 Å². The second kappa shape index (κ2) is 49.2. The van der Waals surface area contributed by atoms with Crippen LogP contribution in [0.25, 0.3) is 21.8 Å². The highest BCUT2D eigenvalue weighted by Gasteiger charge is 2.33. The molecule has 4 fully saturated rings. The van der Waals surface area contributed by atoms with Gasteiger partial charge in [0.25, 0.3) is 0 Å². The van der Waals surface area contributed by atoms with Gasteiger partial charge in [0.2, 0.25) is 0 Å². The van der Waals surface area contributed by atoms with Gasteiger partial charge in [-0.3, -0.25) is 39.3 Å². The molecule has 2 aliphatic heterocycles. The lowest BCUT2D eigenvalue weighted by Crippen LogP contribution is -2.48. The van der Waals surface area contributed by atoms with E-state index in [1.807, 2.05) is 106 Å². The number of benzene rings is 2. The van der Waals surface area contributed by atoms with E-state index in [-0.39, 0.29) is 53.1 Å². The number of hydrogen-bond donors (Lipinski definition) is 2. The molecule has 30 heteroatoms. The molecular weight excluding hydrogens is 1580 g/mol. The Balaban J connectivity index is 0.000000241. The summed E-state index contributed by atoms with van der Waals surface area (Å²) in [6.45, 7) is 30.9. The molecule has 4 aliphatic rings. The molecule has 2 aromatic carbocycles. The fraction of sp³-hybridized carbons (Fsp3) is 0.581. The molecule has 0 unspecified atom stereocenters. The summed E-state index contributed by atoms with van der Waals surface area (Å²) >= 11 is 0. The number of pyridine rings is 6. The number of aryl methyl sites for hydroxylation is 4. The number of anilines is 2. The number of hydrogen-bond acceptors (Lipinski definition) is 25. The molecule has 123 heavy (non-hydrogen) atoms. The van der Waals surface area contributed by atoms with Crippen LogP contribution in [-0.4, -0.2) is 271 Å². The van der Waals surface area contributed by atoms with Crippen molar-refractivity contribution in [2.24, 2.45) is 5.73 Å². The van der Waals surface area contributed by atoms with E-state index < -0.39 is 23.3 Å². The van der Waals surface area contributed by atoms with Gasteiger partial charge in [0, 0.05) is 197 Å². The summed E-state index contributed by atoms with van der Waals surface area (Å²) in [5.41, 5.74) is 15.8. The number of piperidine rings is 2. The molecular formula is C93H132F2N14O14. The Morgan fingerprint density at radius 1 is 0.480 bits per heavy atom. The minimum Gasteiger partial charge on any atom is -0.489 e. The highest BCUT2D eigenvalue weighted by atomic mass is 19.1. The van der Waals surface area contributed by atoms with Crippen molar-refractivity contribution in [2.45, 2.75) is 156 Å². The van der Waals surface area contributed by atoms with Gasteiger partial charge in [0.15, 0.2) is 34.0 Å². The summed E-state index contributed by atoms with van der Waals surface area (Å²) in [5.74, 6) is -0.764. The predicted molar refractivity (Wildman–Crippen MR) is 474 cm³/mol. The first-order valence-corrected chi connectivity index (χ1v) is 43.9. The molecule has 6 aromatic heterocycles. The number of alkyl carbamates (subject to hydrolysis) is 1. The maximum absolute atomic E-state index is 15.8.